The van der Waals surface area contributed by atoms with Crippen LogP contribution in [0.4, 0.5) is 13.2 Å². The van der Waals surface area contributed by atoms with Gasteiger partial charge in [0.05, 0.1) is 18.3 Å². The van der Waals surface area contributed by atoms with Gasteiger partial charge in [-0.1, -0.05) is 6.07 Å². The lowest BCUT2D eigenvalue weighted by molar-refractivity contribution is 0.419. The normalized spacial score (nSPS) is 11.0. The Labute approximate surface area is 122 Å². The Hall–Kier alpha value is -2.28. The van der Waals surface area contributed by atoms with Gasteiger partial charge in [0.15, 0.2) is 16.4 Å². The summed E-state index contributed by atoms with van der Waals surface area (Å²) in [6.45, 7) is 0. The maximum absolute atomic E-state index is 14.0. The molecule has 3 aromatic rings. The fraction of sp³-hybridized carbons (Fsp3) is 0.0714. The zero-order valence-corrected chi connectivity index (χ0v) is 11.6. The highest BCUT2D eigenvalue weighted by molar-refractivity contribution is 7.71. The number of hydrogen-bond acceptors (Lipinski definition) is 2. The topological polar surface area (TPSA) is 29.9 Å². The Bertz CT molecular complexity index is 901. The van der Waals surface area contributed by atoms with Crippen molar-refractivity contribution in [3.63, 3.8) is 0 Å². The summed E-state index contributed by atoms with van der Waals surface area (Å²) in [5.41, 5.74) is 0.689. The summed E-state index contributed by atoms with van der Waals surface area (Å²) in [4.78, 5) is 2.85. The summed E-state index contributed by atoms with van der Waals surface area (Å²) in [7, 11) is 1.48. The molecule has 0 atom stereocenters. The van der Waals surface area contributed by atoms with Crippen LogP contribution in [0.25, 0.3) is 16.7 Å². The Morgan fingerprint density at radius 2 is 1.95 bits per heavy atom. The minimum Gasteiger partial charge on any atom is -0.494 e. The number of halogens is 3. The molecule has 3 nitrogen and oxygen atoms in total. The number of benzene rings is 2. The number of methoxy groups -OCH3 is 1. The van der Waals surface area contributed by atoms with Crippen LogP contribution in [-0.4, -0.2) is 16.7 Å². The van der Waals surface area contributed by atoms with Crippen molar-refractivity contribution < 1.29 is 17.9 Å². The van der Waals surface area contributed by atoms with Gasteiger partial charge in [-0.25, -0.2) is 13.2 Å². The monoisotopic (exact) mass is 310 g/mol. The van der Waals surface area contributed by atoms with Crippen molar-refractivity contribution in [2.24, 2.45) is 0 Å². The number of H-pyrrole nitrogens is 1. The van der Waals surface area contributed by atoms with E-state index >= 15 is 0 Å². The summed E-state index contributed by atoms with van der Waals surface area (Å²) in [6.07, 6.45) is 0. The van der Waals surface area contributed by atoms with Gasteiger partial charge >= 0.3 is 0 Å². The molecule has 7 heteroatoms. The van der Waals surface area contributed by atoms with Gasteiger partial charge in [-0.3, -0.25) is 4.57 Å². The molecule has 0 unspecified atom stereocenters. The van der Waals surface area contributed by atoms with E-state index in [9.17, 15) is 13.2 Å². The molecule has 0 saturated heterocycles. The molecule has 1 aromatic heterocycles. The molecule has 0 amide bonds. The van der Waals surface area contributed by atoms with Gasteiger partial charge in [0.25, 0.3) is 0 Å². The van der Waals surface area contributed by atoms with E-state index < -0.39 is 17.5 Å². The van der Waals surface area contributed by atoms with Crippen molar-refractivity contribution >= 4 is 23.3 Å². The zero-order valence-electron chi connectivity index (χ0n) is 10.8. The average Bonchev–Trinajstić information content (AvgIpc) is 2.78. The van der Waals surface area contributed by atoms with Crippen molar-refractivity contribution in [1.29, 1.82) is 0 Å². The number of aromatic nitrogens is 2. The molecule has 0 aliphatic carbocycles. The fourth-order valence-electron chi connectivity index (χ4n) is 2.22. The SMILES string of the molecule is COc1cccc2c1[nH]c(=S)n2-c1cc(F)cc(F)c1F. The fourth-order valence-corrected chi connectivity index (χ4v) is 2.52. The molecule has 0 aliphatic heterocycles. The molecule has 21 heavy (non-hydrogen) atoms. The third kappa shape index (κ3) is 2.09. The number of para-hydroxylation sites is 1. The molecule has 0 bridgehead atoms. The summed E-state index contributed by atoms with van der Waals surface area (Å²) in [6, 6.07) is 6.39. The molecule has 0 radical (unpaired) electrons. The molecule has 0 fully saturated rings. The second-order valence-corrected chi connectivity index (χ2v) is 4.73. The van der Waals surface area contributed by atoms with Crippen LogP contribution >= 0.6 is 12.2 Å². The minimum absolute atomic E-state index is 0.110. The molecular formula is C14H9F3N2OS. The molecular weight excluding hydrogens is 301 g/mol. The third-order valence-corrected chi connectivity index (χ3v) is 3.40. The van der Waals surface area contributed by atoms with E-state index in [1.807, 2.05) is 0 Å². The van der Waals surface area contributed by atoms with Gasteiger partial charge in [-0.2, -0.15) is 0 Å². The summed E-state index contributed by atoms with van der Waals surface area (Å²) in [5.74, 6) is -2.84. The second-order valence-electron chi connectivity index (χ2n) is 4.34. The van der Waals surface area contributed by atoms with E-state index in [2.05, 4.69) is 4.98 Å². The van der Waals surface area contributed by atoms with Crippen LogP contribution in [0.2, 0.25) is 0 Å². The Morgan fingerprint density at radius 3 is 2.67 bits per heavy atom. The van der Waals surface area contributed by atoms with Crippen LogP contribution in [0.3, 0.4) is 0 Å². The zero-order chi connectivity index (χ0) is 15.1. The highest BCUT2D eigenvalue weighted by Crippen LogP contribution is 2.28. The molecule has 1 N–H and O–H groups in total. The first kappa shape index (κ1) is 13.7. The van der Waals surface area contributed by atoms with Crippen molar-refractivity contribution in [2.75, 3.05) is 7.11 Å². The first-order valence-corrected chi connectivity index (χ1v) is 6.36. The Balaban J connectivity index is 2.42. The summed E-state index contributed by atoms with van der Waals surface area (Å²) >= 11 is 5.13. The van der Waals surface area contributed by atoms with Gasteiger partial charge in [0, 0.05) is 12.1 Å². The number of aromatic amines is 1. The standard InChI is InChI=1S/C14H9F3N2OS/c1-20-11-4-2-3-9-13(11)18-14(21)19(9)10-6-7(15)5-8(16)12(10)17/h2-6H,1H3,(H,18,21). The lowest BCUT2D eigenvalue weighted by Crippen LogP contribution is -2.01. The van der Waals surface area contributed by atoms with Crippen LogP contribution in [-0.2, 0) is 0 Å². The second kappa shape index (κ2) is 4.92. The van der Waals surface area contributed by atoms with Gasteiger partial charge < -0.3 is 9.72 Å². The number of rotatable bonds is 2. The third-order valence-electron chi connectivity index (χ3n) is 3.11. The Morgan fingerprint density at radius 1 is 1.19 bits per heavy atom. The molecule has 0 spiro atoms. The van der Waals surface area contributed by atoms with E-state index in [0.29, 0.717) is 22.8 Å². The van der Waals surface area contributed by atoms with Crippen LogP contribution in [0.5, 0.6) is 5.75 Å². The average molecular weight is 310 g/mol. The maximum Gasteiger partial charge on any atom is 0.183 e. The van der Waals surface area contributed by atoms with E-state index in [-0.39, 0.29) is 10.5 Å². The molecule has 3 rings (SSSR count). The van der Waals surface area contributed by atoms with Crippen LogP contribution in [0.1, 0.15) is 0 Å². The predicted molar refractivity (Wildman–Crippen MR) is 74.9 cm³/mol. The van der Waals surface area contributed by atoms with E-state index in [1.54, 1.807) is 18.2 Å². The number of nitrogens with zero attached hydrogens (tertiary/aromatic N) is 1. The predicted octanol–water partition coefficient (Wildman–Crippen LogP) is 4.11. The lowest BCUT2D eigenvalue weighted by atomic mass is 10.2. The first-order valence-electron chi connectivity index (χ1n) is 5.95. The molecule has 1 heterocycles. The van der Waals surface area contributed by atoms with Gasteiger partial charge in [0.1, 0.15) is 17.1 Å². The minimum atomic E-state index is -1.27. The number of imidazole rings is 1. The quantitative estimate of drug-likeness (QED) is 0.570. The maximum atomic E-state index is 14.0. The molecule has 2 aromatic carbocycles. The summed E-state index contributed by atoms with van der Waals surface area (Å²) < 4.78 is 47.3. The molecule has 108 valence electrons. The van der Waals surface area contributed by atoms with Crippen LogP contribution in [0.15, 0.2) is 30.3 Å². The van der Waals surface area contributed by atoms with E-state index in [4.69, 9.17) is 17.0 Å². The molecule has 0 aliphatic rings. The summed E-state index contributed by atoms with van der Waals surface area (Å²) in [5, 5.41) is 0. The number of fused-ring (bicyclic) bond motifs is 1. The van der Waals surface area contributed by atoms with Gasteiger partial charge in [-0.05, 0) is 24.4 Å². The lowest BCUT2D eigenvalue weighted by Gasteiger charge is -2.08. The van der Waals surface area contributed by atoms with E-state index in [0.717, 1.165) is 6.07 Å². The van der Waals surface area contributed by atoms with Crippen LogP contribution in [0, 0.1) is 22.2 Å². The number of nitrogens with one attached hydrogen (secondary N) is 1. The smallest absolute Gasteiger partial charge is 0.183 e. The number of hydrogen-bond donors (Lipinski definition) is 1. The molecule has 0 saturated carbocycles. The van der Waals surface area contributed by atoms with Gasteiger partial charge in [-0.15, -0.1) is 0 Å². The number of ether oxygens (including phenoxy) is 1. The highest BCUT2D eigenvalue weighted by Gasteiger charge is 2.17. The Kier molecular flexibility index (Phi) is 3.21. The first-order chi connectivity index (χ1) is 10.0. The van der Waals surface area contributed by atoms with Crippen molar-refractivity contribution in [3.8, 4) is 11.4 Å². The van der Waals surface area contributed by atoms with Gasteiger partial charge in [0.2, 0.25) is 0 Å². The highest BCUT2D eigenvalue weighted by atomic mass is 32.1. The van der Waals surface area contributed by atoms with Crippen LogP contribution < -0.4 is 4.74 Å². The van der Waals surface area contributed by atoms with Crippen molar-refractivity contribution in [2.45, 2.75) is 0 Å². The largest absolute Gasteiger partial charge is 0.494 e. The van der Waals surface area contributed by atoms with Crippen molar-refractivity contribution in [3.05, 3.63) is 52.6 Å². The van der Waals surface area contributed by atoms with E-state index in [1.165, 1.54) is 11.7 Å². The van der Waals surface area contributed by atoms with Crippen molar-refractivity contribution in [1.82, 2.24) is 9.55 Å².